The van der Waals surface area contributed by atoms with Crippen LogP contribution in [-0.2, 0) is 33.6 Å². The number of rotatable bonds is 16. The largest absolute Gasteiger partial charge is 0.481 e. The zero-order valence-electron chi connectivity index (χ0n) is 24.0. The van der Waals surface area contributed by atoms with Gasteiger partial charge in [0.05, 0.1) is 24.6 Å². The molecule has 0 aliphatic carbocycles. The molecule has 0 aliphatic rings. The molecule has 244 valence electrons. The van der Waals surface area contributed by atoms with Crippen LogP contribution < -0.4 is 32.6 Å². The van der Waals surface area contributed by atoms with Crippen LogP contribution in [-0.4, -0.2) is 81.0 Å². The van der Waals surface area contributed by atoms with Crippen LogP contribution in [0.5, 0.6) is 0 Å². The van der Waals surface area contributed by atoms with Crippen molar-refractivity contribution in [2.75, 3.05) is 5.32 Å². The second-order valence-corrected chi connectivity index (χ2v) is 10.2. The lowest BCUT2D eigenvalue weighted by molar-refractivity contribution is -0.141. The molecule has 17 nitrogen and oxygen atoms in total. The number of hydrogen-bond acceptors (Lipinski definition) is 10. The van der Waals surface area contributed by atoms with Crippen LogP contribution in [0, 0.1) is 11.7 Å². The van der Waals surface area contributed by atoms with Crippen molar-refractivity contribution in [3.8, 4) is 0 Å². The molecule has 0 radical (unpaired) electrons. The summed E-state index contributed by atoms with van der Waals surface area (Å²) >= 11 is 0. The first-order chi connectivity index (χ1) is 21.0. The lowest BCUT2D eigenvalue weighted by atomic mass is 10.0. The molecule has 0 unspecified atom stereocenters. The average Bonchev–Trinajstić information content (AvgIpc) is 2.94. The normalized spacial score (nSPS) is 13.6. The summed E-state index contributed by atoms with van der Waals surface area (Å²) < 4.78 is 19.5. The lowest BCUT2D eigenvalue weighted by Gasteiger charge is -2.27. The molecule has 18 heteroatoms. The number of carboxylic acids is 3. The van der Waals surface area contributed by atoms with Crippen LogP contribution in [0.25, 0.3) is 11.0 Å². The van der Waals surface area contributed by atoms with Crippen molar-refractivity contribution in [3.63, 3.8) is 0 Å². The maximum Gasteiger partial charge on any atom is 0.374 e. The quantitative estimate of drug-likeness (QED) is 0.104. The molecule has 2 aromatic rings. The molecular weight excluding hydrogens is 605 g/mol. The van der Waals surface area contributed by atoms with Gasteiger partial charge in [-0.3, -0.25) is 33.6 Å². The Balaban J connectivity index is 2.29. The van der Waals surface area contributed by atoms with E-state index in [1.165, 1.54) is 38.1 Å². The molecule has 45 heavy (non-hydrogen) atoms. The number of hydrogen-bond donors (Lipinski definition) is 8. The Bertz CT molecular complexity index is 1540. The summed E-state index contributed by atoms with van der Waals surface area (Å²) in [6.07, 6.45) is -2.89. The fourth-order valence-electron chi connectivity index (χ4n) is 3.99. The van der Waals surface area contributed by atoms with Crippen LogP contribution in [0.15, 0.2) is 33.5 Å². The highest BCUT2D eigenvalue weighted by Crippen LogP contribution is 2.24. The number of amides is 4. The van der Waals surface area contributed by atoms with Crippen molar-refractivity contribution in [2.24, 2.45) is 11.7 Å². The first-order valence-electron chi connectivity index (χ1n) is 13.4. The first kappa shape index (κ1) is 35.8. The molecule has 2 rings (SSSR count). The summed E-state index contributed by atoms with van der Waals surface area (Å²) in [5.41, 5.74) is 3.38. The van der Waals surface area contributed by atoms with Crippen LogP contribution in [0.3, 0.4) is 0 Å². The Morgan fingerprint density at radius 3 is 2.00 bits per heavy atom. The van der Waals surface area contributed by atoms with Gasteiger partial charge in [0, 0.05) is 11.8 Å². The molecule has 0 bridgehead atoms. The SMILES string of the molecule is CC(C)[C@H](NC(=O)[C@H](CCC(=O)O)NC(=O)[C@@H](N)CC(=O)O)C(=O)N[C@@H](CC(=O)O)C(=O)Nc1c(F)c(=O)oc2ccccc12. The van der Waals surface area contributed by atoms with Gasteiger partial charge in [0.1, 0.15) is 23.7 Å². The average molecular weight is 638 g/mol. The van der Waals surface area contributed by atoms with E-state index in [4.69, 9.17) is 20.4 Å². The Labute approximate surface area is 253 Å². The van der Waals surface area contributed by atoms with Crippen molar-refractivity contribution >= 4 is 58.2 Å². The third-order valence-electron chi connectivity index (χ3n) is 6.28. The minimum atomic E-state index is -1.85. The number of para-hydroxylation sites is 1. The predicted molar refractivity (Wildman–Crippen MR) is 151 cm³/mol. The van der Waals surface area contributed by atoms with E-state index in [0.717, 1.165) is 0 Å². The minimum Gasteiger partial charge on any atom is -0.481 e. The molecular formula is C27H32FN5O12. The second-order valence-electron chi connectivity index (χ2n) is 10.2. The van der Waals surface area contributed by atoms with E-state index in [1.807, 2.05) is 0 Å². The zero-order valence-corrected chi connectivity index (χ0v) is 24.0. The molecule has 0 saturated heterocycles. The molecule has 4 amide bonds. The third-order valence-corrected chi connectivity index (χ3v) is 6.28. The number of aliphatic carboxylic acids is 3. The molecule has 0 saturated carbocycles. The smallest absolute Gasteiger partial charge is 0.374 e. The van der Waals surface area contributed by atoms with E-state index in [9.17, 15) is 47.9 Å². The second kappa shape index (κ2) is 15.9. The Hall–Kier alpha value is -5.39. The van der Waals surface area contributed by atoms with Gasteiger partial charge >= 0.3 is 23.5 Å². The van der Waals surface area contributed by atoms with Crippen molar-refractivity contribution in [1.29, 1.82) is 0 Å². The molecule has 1 aromatic heterocycles. The number of nitrogens with two attached hydrogens (primary N) is 1. The topological polar surface area (TPSA) is 285 Å². The van der Waals surface area contributed by atoms with Crippen molar-refractivity contribution < 1.29 is 57.7 Å². The third kappa shape index (κ3) is 10.4. The zero-order chi connectivity index (χ0) is 34.0. The number of halogens is 1. The van der Waals surface area contributed by atoms with E-state index in [0.29, 0.717) is 0 Å². The highest BCUT2D eigenvalue weighted by atomic mass is 19.1. The molecule has 0 aliphatic heterocycles. The summed E-state index contributed by atoms with van der Waals surface area (Å²) in [5, 5.41) is 36.0. The van der Waals surface area contributed by atoms with Crippen molar-refractivity contribution in [1.82, 2.24) is 16.0 Å². The lowest BCUT2D eigenvalue weighted by Crippen LogP contribution is -2.59. The predicted octanol–water partition coefficient (Wildman–Crippen LogP) is -0.877. The highest BCUT2D eigenvalue weighted by molar-refractivity contribution is 6.05. The molecule has 0 spiro atoms. The van der Waals surface area contributed by atoms with Crippen molar-refractivity contribution in [3.05, 3.63) is 40.5 Å². The van der Waals surface area contributed by atoms with Gasteiger partial charge in [-0.2, -0.15) is 4.39 Å². The van der Waals surface area contributed by atoms with Crippen LogP contribution in [0.1, 0.15) is 39.5 Å². The van der Waals surface area contributed by atoms with E-state index in [2.05, 4.69) is 21.3 Å². The number of carbonyl (C=O) groups is 7. The minimum absolute atomic E-state index is 0.0341. The Morgan fingerprint density at radius 2 is 1.42 bits per heavy atom. The number of nitrogens with one attached hydrogen (secondary N) is 4. The standard InChI is InChI=1S/C27H32FN5O12/c1-11(2)21(32-24(41)14(7-8-17(34)35)30-23(40)13(29)9-18(36)37)26(43)31-15(10-19(38)39)25(42)33-22-12-5-3-4-6-16(12)45-27(44)20(22)28/h3-6,11,13-15,21H,7-10,29H2,1-2H3,(H,30,40)(H,31,43)(H,32,41)(H,33,42)(H,34,35)(H,36,37)(H,38,39)/t13-,14-,15-,21-/m0/s1. The first-order valence-corrected chi connectivity index (χ1v) is 13.4. The van der Waals surface area contributed by atoms with Gasteiger partial charge < -0.3 is 46.7 Å². The maximum atomic E-state index is 14.7. The van der Waals surface area contributed by atoms with Gasteiger partial charge in [-0.1, -0.05) is 26.0 Å². The van der Waals surface area contributed by atoms with Crippen molar-refractivity contribution in [2.45, 2.75) is 63.7 Å². The van der Waals surface area contributed by atoms with Crippen LogP contribution in [0.4, 0.5) is 10.1 Å². The van der Waals surface area contributed by atoms with E-state index >= 15 is 0 Å². The van der Waals surface area contributed by atoms with Gasteiger partial charge in [-0.05, 0) is 24.5 Å². The summed E-state index contributed by atoms with van der Waals surface area (Å²) in [4.78, 5) is 97.2. The van der Waals surface area contributed by atoms with Crippen LogP contribution in [0.2, 0.25) is 0 Å². The highest BCUT2D eigenvalue weighted by Gasteiger charge is 2.33. The summed E-state index contributed by atoms with van der Waals surface area (Å²) in [7, 11) is 0. The Kier molecular flexibility index (Phi) is 12.6. The van der Waals surface area contributed by atoms with E-state index < -0.39 is 114 Å². The van der Waals surface area contributed by atoms with Gasteiger partial charge in [-0.25, -0.2) is 4.79 Å². The van der Waals surface area contributed by atoms with Gasteiger partial charge in [0.2, 0.25) is 29.4 Å². The molecule has 1 heterocycles. The fourth-order valence-corrected chi connectivity index (χ4v) is 3.99. The summed E-state index contributed by atoms with van der Waals surface area (Å²) in [5.74, 6) is -11.0. The molecule has 9 N–H and O–H groups in total. The summed E-state index contributed by atoms with van der Waals surface area (Å²) in [6.45, 7) is 2.93. The summed E-state index contributed by atoms with van der Waals surface area (Å²) in [6, 6.07) is -0.929. The fraction of sp³-hybridized carbons (Fsp3) is 0.407. The molecule has 0 fully saturated rings. The monoisotopic (exact) mass is 637 g/mol. The maximum absolute atomic E-state index is 14.7. The number of carbonyl (C=O) groups excluding carboxylic acids is 4. The number of carboxylic acid groups (broad SMARTS) is 3. The number of fused-ring (bicyclic) bond motifs is 1. The molecule has 4 atom stereocenters. The van der Waals surface area contributed by atoms with Gasteiger partial charge in [0.25, 0.3) is 0 Å². The van der Waals surface area contributed by atoms with E-state index in [1.54, 1.807) is 0 Å². The number of benzene rings is 1. The molecule has 1 aromatic carbocycles. The van der Waals surface area contributed by atoms with Crippen LogP contribution >= 0.6 is 0 Å². The Morgan fingerprint density at radius 1 is 0.822 bits per heavy atom. The van der Waals surface area contributed by atoms with E-state index in [-0.39, 0.29) is 11.0 Å². The number of anilines is 1. The van der Waals surface area contributed by atoms with Gasteiger partial charge in [-0.15, -0.1) is 0 Å². The van der Waals surface area contributed by atoms with Gasteiger partial charge in [0.15, 0.2) is 0 Å².